The summed E-state index contributed by atoms with van der Waals surface area (Å²) >= 11 is 6.28. The first-order valence-electron chi connectivity index (χ1n) is 8.28. The molecule has 7 heteroatoms. The van der Waals surface area contributed by atoms with Gasteiger partial charge in [-0.2, -0.15) is 0 Å². The zero-order chi connectivity index (χ0) is 18.5. The van der Waals surface area contributed by atoms with E-state index in [1.54, 1.807) is 6.07 Å². The molecule has 2 aromatic carbocycles. The van der Waals surface area contributed by atoms with Crippen LogP contribution in [0.5, 0.6) is 17.2 Å². The van der Waals surface area contributed by atoms with Crippen molar-refractivity contribution < 1.29 is 19.0 Å². The first-order chi connectivity index (χ1) is 12.6. The number of fused-ring (bicyclic) bond motifs is 1. The van der Waals surface area contributed by atoms with Crippen LogP contribution < -0.4 is 25.3 Å². The standard InChI is InChI=1S/C19H21ClN2O4/c1-24-17-7-12(6-15(20)19(17)26-11-18(21)23)9-22-14-8-13-4-2-3-5-16(13)25-10-14/h2-7,14,22H,8-11H2,1H3,(H2,21,23)/t14-/m0/s1. The van der Waals surface area contributed by atoms with Gasteiger partial charge in [0.05, 0.1) is 12.1 Å². The van der Waals surface area contributed by atoms with Crippen molar-refractivity contribution in [2.75, 3.05) is 20.3 Å². The normalized spacial score (nSPS) is 15.7. The smallest absolute Gasteiger partial charge is 0.255 e. The second-order valence-corrected chi connectivity index (χ2v) is 6.47. The quantitative estimate of drug-likeness (QED) is 0.774. The molecule has 1 atom stereocenters. The monoisotopic (exact) mass is 376 g/mol. The molecule has 0 fully saturated rings. The summed E-state index contributed by atoms with van der Waals surface area (Å²) in [6.45, 7) is 0.955. The number of methoxy groups -OCH3 is 1. The number of rotatable bonds is 7. The second kappa shape index (κ2) is 8.29. The highest BCUT2D eigenvalue weighted by Crippen LogP contribution is 2.36. The topological polar surface area (TPSA) is 82.8 Å². The number of nitrogens with two attached hydrogens (primary N) is 1. The maximum atomic E-state index is 10.9. The van der Waals surface area contributed by atoms with E-state index >= 15 is 0 Å². The summed E-state index contributed by atoms with van der Waals surface area (Å²) in [5.74, 6) is 1.14. The summed E-state index contributed by atoms with van der Waals surface area (Å²) in [5.41, 5.74) is 7.24. The number of nitrogens with one attached hydrogen (secondary N) is 1. The average Bonchev–Trinajstić information content (AvgIpc) is 2.64. The van der Waals surface area contributed by atoms with Crippen LogP contribution in [0.15, 0.2) is 36.4 Å². The van der Waals surface area contributed by atoms with E-state index in [2.05, 4.69) is 11.4 Å². The van der Waals surface area contributed by atoms with Crippen LogP contribution in [0.25, 0.3) is 0 Å². The van der Waals surface area contributed by atoms with E-state index in [0.29, 0.717) is 29.7 Å². The predicted octanol–water partition coefficient (Wildman–Crippen LogP) is 2.31. The Labute approximate surface area is 157 Å². The molecule has 0 bridgehead atoms. The molecule has 0 saturated heterocycles. The van der Waals surface area contributed by atoms with Crippen molar-refractivity contribution in [2.45, 2.75) is 19.0 Å². The van der Waals surface area contributed by atoms with Gasteiger partial charge in [0.2, 0.25) is 0 Å². The largest absolute Gasteiger partial charge is 0.493 e. The Morgan fingerprint density at radius 1 is 1.38 bits per heavy atom. The zero-order valence-electron chi connectivity index (χ0n) is 14.5. The maximum Gasteiger partial charge on any atom is 0.255 e. The van der Waals surface area contributed by atoms with Crippen molar-refractivity contribution in [3.8, 4) is 17.2 Å². The van der Waals surface area contributed by atoms with Gasteiger partial charge in [-0.05, 0) is 35.7 Å². The molecule has 0 saturated carbocycles. The van der Waals surface area contributed by atoms with E-state index in [1.807, 2.05) is 24.3 Å². The van der Waals surface area contributed by atoms with Gasteiger partial charge in [-0.3, -0.25) is 4.79 Å². The molecule has 1 heterocycles. The molecule has 0 radical (unpaired) electrons. The van der Waals surface area contributed by atoms with Gasteiger partial charge in [-0.25, -0.2) is 0 Å². The SMILES string of the molecule is COc1cc(CN[C@@H]2COc3ccccc3C2)cc(Cl)c1OCC(N)=O. The number of benzene rings is 2. The predicted molar refractivity (Wildman–Crippen MR) is 99.0 cm³/mol. The molecule has 0 aromatic heterocycles. The Balaban J connectivity index is 1.65. The molecule has 1 aliphatic heterocycles. The van der Waals surface area contributed by atoms with Crippen LogP contribution >= 0.6 is 11.6 Å². The molecule has 0 spiro atoms. The van der Waals surface area contributed by atoms with Crippen LogP contribution in [0, 0.1) is 0 Å². The van der Waals surface area contributed by atoms with Crippen LogP contribution in [0.2, 0.25) is 5.02 Å². The van der Waals surface area contributed by atoms with Crippen molar-refractivity contribution in [1.29, 1.82) is 0 Å². The molecule has 0 aliphatic carbocycles. The molecule has 1 amide bonds. The molecular weight excluding hydrogens is 356 g/mol. The molecule has 2 aromatic rings. The number of amides is 1. The van der Waals surface area contributed by atoms with E-state index in [9.17, 15) is 4.79 Å². The average molecular weight is 377 g/mol. The fraction of sp³-hybridized carbons (Fsp3) is 0.316. The number of hydrogen-bond donors (Lipinski definition) is 2. The first kappa shape index (κ1) is 18.4. The molecule has 3 rings (SSSR count). The van der Waals surface area contributed by atoms with Crippen molar-refractivity contribution in [2.24, 2.45) is 5.73 Å². The lowest BCUT2D eigenvalue weighted by molar-refractivity contribution is -0.119. The van der Waals surface area contributed by atoms with E-state index in [4.69, 9.17) is 31.5 Å². The highest BCUT2D eigenvalue weighted by Gasteiger charge is 2.19. The Morgan fingerprint density at radius 3 is 2.96 bits per heavy atom. The van der Waals surface area contributed by atoms with Gasteiger partial charge in [-0.15, -0.1) is 0 Å². The summed E-state index contributed by atoms with van der Waals surface area (Å²) < 4.78 is 16.4. The summed E-state index contributed by atoms with van der Waals surface area (Å²) in [6, 6.07) is 11.9. The number of primary amides is 1. The summed E-state index contributed by atoms with van der Waals surface area (Å²) in [5, 5.41) is 3.84. The third-order valence-corrected chi connectivity index (χ3v) is 4.40. The molecule has 3 N–H and O–H groups in total. The van der Waals surface area contributed by atoms with Gasteiger partial charge < -0.3 is 25.3 Å². The Bertz CT molecular complexity index is 797. The summed E-state index contributed by atoms with van der Waals surface area (Å²) in [4.78, 5) is 10.9. The van der Waals surface area contributed by atoms with E-state index < -0.39 is 5.91 Å². The highest BCUT2D eigenvalue weighted by atomic mass is 35.5. The molecule has 1 aliphatic rings. The Kier molecular flexibility index (Phi) is 5.85. The molecule has 6 nitrogen and oxygen atoms in total. The number of para-hydroxylation sites is 1. The Morgan fingerprint density at radius 2 is 2.19 bits per heavy atom. The molecule has 26 heavy (non-hydrogen) atoms. The number of carbonyl (C=O) groups excluding carboxylic acids is 1. The van der Waals surface area contributed by atoms with Crippen LogP contribution in [0.3, 0.4) is 0 Å². The van der Waals surface area contributed by atoms with Crippen molar-refractivity contribution in [1.82, 2.24) is 5.32 Å². The molecule has 138 valence electrons. The van der Waals surface area contributed by atoms with Gasteiger partial charge in [0.25, 0.3) is 5.91 Å². The fourth-order valence-electron chi connectivity index (χ4n) is 2.88. The fourth-order valence-corrected chi connectivity index (χ4v) is 3.17. The van der Waals surface area contributed by atoms with Crippen molar-refractivity contribution >= 4 is 17.5 Å². The number of carbonyl (C=O) groups is 1. The third-order valence-electron chi connectivity index (χ3n) is 4.12. The van der Waals surface area contributed by atoms with Crippen molar-refractivity contribution in [3.05, 3.63) is 52.5 Å². The number of hydrogen-bond acceptors (Lipinski definition) is 5. The minimum absolute atomic E-state index is 0.209. The van der Waals surface area contributed by atoms with Crippen LogP contribution in [0.4, 0.5) is 0 Å². The Hall–Kier alpha value is -2.44. The lowest BCUT2D eigenvalue weighted by Gasteiger charge is -2.26. The molecular formula is C19H21ClN2O4. The zero-order valence-corrected chi connectivity index (χ0v) is 15.2. The van der Waals surface area contributed by atoms with Gasteiger partial charge in [0, 0.05) is 12.6 Å². The third kappa shape index (κ3) is 4.39. The first-order valence-corrected chi connectivity index (χ1v) is 8.66. The van der Waals surface area contributed by atoms with Gasteiger partial charge in [0.1, 0.15) is 12.4 Å². The highest BCUT2D eigenvalue weighted by molar-refractivity contribution is 6.32. The molecule has 0 unspecified atom stereocenters. The van der Waals surface area contributed by atoms with E-state index in [1.165, 1.54) is 12.7 Å². The van der Waals surface area contributed by atoms with E-state index in [-0.39, 0.29) is 12.6 Å². The second-order valence-electron chi connectivity index (χ2n) is 6.06. The summed E-state index contributed by atoms with van der Waals surface area (Å²) in [7, 11) is 1.52. The lowest BCUT2D eigenvalue weighted by atomic mass is 10.0. The van der Waals surface area contributed by atoms with E-state index in [0.717, 1.165) is 17.7 Å². The minimum Gasteiger partial charge on any atom is -0.493 e. The van der Waals surface area contributed by atoms with Crippen LogP contribution in [-0.4, -0.2) is 32.3 Å². The lowest BCUT2D eigenvalue weighted by Crippen LogP contribution is -2.38. The van der Waals surface area contributed by atoms with Gasteiger partial charge >= 0.3 is 0 Å². The number of ether oxygens (including phenoxy) is 3. The van der Waals surface area contributed by atoms with Crippen LogP contribution in [-0.2, 0) is 17.8 Å². The number of halogens is 1. The van der Waals surface area contributed by atoms with Gasteiger partial charge in [0.15, 0.2) is 18.1 Å². The van der Waals surface area contributed by atoms with Crippen LogP contribution in [0.1, 0.15) is 11.1 Å². The minimum atomic E-state index is -0.577. The van der Waals surface area contributed by atoms with Crippen molar-refractivity contribution in [3.63, 3.8) is 0 Å². The maximum absolute atomic E-state index is 10.9. The summed E-state index contributed by atoms with van der Waals surface area (Å²) in [6.07, 6.45) is 0.904. The van der Waals surface area contributed by atoms with Gasteiger partial charge in [-0.1, -0.05) is 29.8 Å².